The van der Waals surface area contributed by atoms with Gasteiger partial charge in [-0.15, -0.1) is 0 Å². The SMILES string of the molecule is Cc1ccc(CN(C)C(=O)CN2C(=O)NC3(CCc4ccccc43)C2=O)o1. The van der Waals surface area contributed by atoms with E-state index in [0.717, 1.165) is 28.2 Å². The van der Waals surface area contributed by atoms with Crippen LogP contribution in [0.4, 0.5) is 4.79 Å². The Bertz CT molecular complexity index is 935. The maximum atomic E-state index is 13.1. The number of carbonyl (C=O) groups excluding carboxylic acids is 3. The van der Waals surface area contributed by atoms with Gasteiger partial charge in [0, 0.05) is 7.05 Å². The van der Waals surface area contributed by atoms with Gasteiger partial charge < -0.3 is 14.6 Å². The Morgan fingerprint density at radius 2 is 2.04 bits per heavy atom. The predicted octanol–water partition coefficient (Wildman–Crippen LogP) is 1.94. The summed E-state index contributed by atoms with van der Waals surface area (Å²) >= 11 is 0. The molecule has 2 aliphatic rings. The summed E-state index contributed by atoms with van der Waals surface area (Å²) in [6.45, 7) is 1.83. The standard InChI is InChI=1S/C20H21N3O4/c1-13-7-8-15(27-13)11-22(2)17(24)12-23-18(25)20(21-19(23)26)10-9-14-5-3-4-6-16(14)20/h3-8H,9-12H2,1-2H3,(H,21,26). The summed E-state index contributed by atoms with van der Waals surface area (Å²) in [5.41, 5.74) is 0.854. The average Bonchev–Trinajstić information content (AvgIpc) is 3.29. The number of rotatable bonds is 4. The van der Waals surface area contributed by atoms with Crippen molar-refractivity contribution in [1.29, 1.82) is 0 Å². The number of nitrogens with zero attached hydrogens (tertiary/aromatic N) is 2. The van der Waals surface area contributed by atoms with Crippen LogP contribution in [0.2, 0.25) is 0 Å². The van der Waals surface area contributed by atoms with Gasteiger partial charge in [-0.1, -0.05) is 24.3 Å². The second kappa shape index (κ2) is 6.26. The molecule has 2 heterocycles. The molecule has 0 bridgehead atoms. The number of amides is 4. The van der Waals surface area contributed by atoms with E-state index in [9.17, 15) is 14.4 Å². The fourth-order valence-corrected chi connectivity index (χ4v) is 3.88. The maximum Gasteiger partial charge on any atom is 0.325 e. The zero-order valence-electron chi connectivity index (χ0n) is 15.3. The molecule has 1 saturated heterocycles. The Hall–Kier alpha value is -3.09. The van der Waals surface area contributed by atoms with Gasteiger partial charge in [0.25, 0.3) is 5.91 Å². The molecule has 0 radical (unpaired) electrons. The highest BCUT2D eigenvalue weighted by Crippen LogP contribution is 2.41. The summed E-state index contributed by atoms with van der Waals surface area (Å²) < 4.78 is 5.48. The molecule has 7 nitrogen and oxygen atoms in total. The Morgan fingerprint density at radius 3 is 2.78 bits per heavy atom. The lowest BCUT2D eigenvalue weighted by Crippen LogP contribution is -2.44. The normalized spacial score (nSPS) is 20.9. The summed E-state index contributed by atoms with van der Waals surface area (Å²) in [6.07, 6.45) is 1.24. The summed E-state index contributed by atoms with van der Waals surface area (Å²) in [7, 11) is 1.62. The molecular formula is C20H21N3O4. The molecule has 27 heavy (non-hydrogen) atoms. The van der Waals surface area contributed by atoms with Gasteiger partial charge in [0.2, 0.25) is 5.91 Å². The van der Waals surface area contributed by atoms with Gasteiger partial charge in [-0.05, 0) is 43.0 Å². The van der Waals surface area contributed by atoms with Crippen LogP contribution in [-0.4, -0.2) is 41.2 Å². The average molecular weight is 367 g/mol. The highest BCUT2D eigenvalue weighted by atomic mass is 16.3. The Labute approximate surface area is 156 Å². The fraction of sp³-hybridized carbons (Fsp3) is 0.350. The molecule has 1 N–H and O–H groups in total. The predicted molar refractivity (Wildman–Crippen MR) is 96.6 cm³/mol. The molecule has 4 rings (SSSR count). The number of hydrogen-bond acceptors (Lipinski definition) is 4. The van der Waals surface area contributed by atoms with Crippen molar-refractivity contribution in [2.45, 2.75) is 31.8 Å². The number of benzene rings is 1. The minimum atomic E-state index is -1.04. The Balaban J connectivity index is 1.49. The number of hydrogen-bond donors (Lipinski definition) is 1. The second-order valence-electron chi connectivity index (χ2n) is 7.15. The van der Waals surface area contributed by atoms with Gasteiger partial charge in [0.15, 0.2) is 0 Å². The summed E-state index contributed by atoms with van der Waals surface area (Å²) in [5, 5.41) is 2.83. The first-order chi connectivity index (χ1) is 12.9. The number of aryl methyl sites for hydroxylation is 2. The van der Waals surface area contributed by atoms with Crippen molar-refractivity contribution in [3.05, 3.63) is 59.0 Å². The number of furan rings is 1. The van der Waals surface area contributed by atoms with Gasteiger partial charge in [-0.25, -0.2) is 4.79 Å². The zero-order valence-corrected chi connectivity index (χ0v) is 15.3. The number of likely N-dealkylation sites (N-methyl/N-ethyl adjacent to an activating group) is 1. The molecule has 1 unspecified atom stereocenters. The minimum Gasteiger partial charge on any atom is -0.464 e. The van der Waals surface area contributed by atoms with Gasteiger partial charge in [0.05, 0.1) is 6.54 Å². The Morgan fingerprint density at radius 1 is 1.26 bits per heavy atom. The molecule has 1 aromatic carbocycles. The van der Waals surface area contributed by atoms with E-state index in [-0.39, 0.29) is 24.9 Å². The number of carbonyl (C=O) groups is 3. The van der Waals surface area contributed by atoms with Crippen LogP contribution in [0.5, 0.6) is 0 Å². The fourth-order valence-electron chi connectivity index (χ4n) is 3.88. The largest absolute Gasteiger partial charge is 0.464 e. The summed E-state index contributed by atoms with van der Waals surface area (Å²) in [5.74, 6) is 0.743. The van der Waals surface area contributed by atoms with Crippen molar-refractivity contribution in [2.75, 3.05) is 13.6 Å². The Kier molecular flexibility index (Phi) is 4.02. The number of fused-ring (bicyclic) bond motifs is 2. The third-order valence-corrected chi connectivity index (χ3v) is 5.33. The molecule has 1 aliphatic carbocycles. The van der Waals surface area contributed by atoms with Crippen molar-refractivity contribution < 1.29 is 18.8 Å². The first-order valence-corrected chi connectivity index (χ1v) is 8.92. The van der Waals surface area contributed by atoms with Gasteiger partial charge in [-0.2, -0.15) is 0 Å². The van der Waals surface area contributed by atoms with E-state index >= 15 is 0 Å². The van der Waals surface area contributed by atoms with E-state index in [2.05, 4.69) is 5.32 Å². The van der Waals surface area contributed by atoms with Crippen LogP contribution in [0.25, 0.3) is 0 Å². The lowest BCUT2D eigenvalue weighted by molar-refractivity contribution is -0.138. The van der Waals surface area contributed by atoms with Crippen molar-refractivity contribution in [3.63, 3.8) is 0 Å². The van der Waals surface area contributed by atoms with Gasteiger partial charge in [0.1, 0.15) is 23.6 Å². The topological polar surface area (TPSA) is 82.9 Å². The molecule has 0 saturated carbocycles. The summed E-state index contributed by atoms with van der Waals surface area (Å²) in [6, 6.07) is 10.7. The van der Waals surface area contributed by atoms with Crippen molar-refractivity contribution in [3.8, 4) is 0 Å². The van der Waals surface area contributed by atoms with E-state index in [1.807, 2.05) is 37.3 Å². The van der Waals surface area contributed by atoms with Crippen LogP contribution >= 0.6 is 0 Å². The lowest BCUT2D eigenvalue weighted by atomic mass is 9.92. The van der Waals surface area contributed by atoms with E-state index in [1.165, 1.54) is 4.90 Å². The molecule has 4 amide bonds. The van der Waals surface area contributed by atoms with E-state index in [0.29, 0.717) is 12.2 Å². The molecule has 2 aromatic rings. The van der Waals surface area contributed by atoms with Crippen LogP contribution in [0.15, 0.2) is 40.8 Å². The molecule has 1 atom stereocenters. The third kappa shape index (κ3) is 2.79. The highest BCUT2D eigenvalue weighted by Gasteiger charge is 2.55. The van der Waals surface area contributed by atoms with Crippen molar-refractivity contribution in [2.24, 2.45) is 0 Å². The van der Waals surface area contributed by atoms with Crippen LogP contribution in [-0.2, 0) is 28.1 Å². The van der Waals surface area contributed by atoms with E-state index in [1.54, 1.807) is 13.1 Å². The van der Waals surface area contributed by atoms with E-state index in [4.69, 9.17) is 4.42 Å². The van der Waals surface area contributed by atoms with Gasteiger partial charge >= 0.3 is 6.03 Å². The molecule has 1 spiro atoms. The lowest BCUT2D eigenvalue weighted by Gasteiger charge is -2.23. The molecule has 1 aliphatic heterocycles. The quantitative estimate of drug-likeness (QED) is 0.837. The van der Waals surface area contributed by atoms with Crippen molar-refractivity contribution >= 4 is 17.8 Å². The molecule has 1 fully saturated rings. The maximum absolute atomic E-state index is 13.1. The highest BCUT2D eigenvalue weighted by molar-refractivity contribution is 6.09. The van der Waals surface area contributed by atoms with E-state index < -0.39 is 11.6 Å². The molecule has 1 aromatic heterocycles. The van der Waals surface area contributed by atoms with Crippen LogP contribution < -0.4 is 5.32 Å². The number of imide groups is 1. The smallest absolute Gasteiger partial charge is 0.325 e. The van der Waals surface area contributed by atoms with Crippen LogP contribution in [0.3, 0.4) is 0 Å². The number of urea groups is 1. The molecule has 140 valence electrons. The monoisotopic (exact) mass is 367 g/mol. The van der Waals surface area contributed by atoms with Crippen LogP contribution in [0.1, 0.15) is 29.1 Å². The second-order valence-corrected chi connectivity index (χ2v) is 7.15. The van der Waals surface area contributed by atoms with Gasteiger partial charge in [-0.3, -0.25) is 14.5 Å². The zero-order chi connectivity index (χ0) is 19.2. The first-order valence-electron chi connectivity index (χ1n) is 8.92. The van der Waals surface area contributed by atoms with Crippen molar-refractivity contribution in [1.82, 2.24) is 15.1 Å². The summed E-state index contributed by atoms with van der Waals surface area (Å²) in [4.78, 5) is 40.6. The first kappa shape index (κ1) is 17.3. The molecular weight excluding hydrogens is 346 g/mol. The molecule has 7 heteroatoms. The number of nitrogens with one attached hydrogen (secondary N) is 1. The minimum absolute atomic E-state index is 0.282. The van der Waals surface area contributed by atoms with Crippen LogP contribution in [0, 0.1) is 6.92 Å². The third-order valence-electron chi connectivity index (χ3n) is 5.33.